The van der Waals surface area contributed by atoms with E-state index in [2.05, 4.69) is 47.7 Å². The average Bonchev–Trinajstić information content (AvgIpc) is 2.90. The number of hydrogen-bond acceptors (Lipinski definition) is 2. The third-order valence-electron chi connectivity index (χ3n) is 5.47. The van der Waals surface area contributed by atoms with Crippen LogP contribution in [0.3, 0.4) is 0 Å². The topological polar surface area (TPSA) is 52.7 Å². The van der Waals surface area contributed by atoms with Gasteiger partial charge in [0.15, 0.2) is 5.71 Å². The summed E-state index contributed by atoms with van der Waals surface area (Å²) in [4.78, 5) is 15.3. The zero-order chi connectivity index (χ0) is 20.0. The molecule has 0 bridgehead atoms. The number of aliphatic imine (C=N–C) groups is 1. The molecule has 0 atom stereocenters. The molecule has 28 heavy (non-hydrogen) atoms. The van der Waals surface area contributed by atoms with E-state index < -0.39 is 5.97 Å². The Morgan fingerprint density at radius 3 is 2.50 bits per heavy atom. The lowest BCUT2D eigenvalue weighted by molar-refractivity contribution is -0.440. The van der Waals surface area contributed by atoms with E-state index in [4.69, 9.17) is 5.11 Å². The van der Waals surface area contributed by atoms with Crippen LogP contribution in [-0.2, 0) is 10.2 Å². The molecule has 0 unspecified atom stereocenters. The van der Waals surface area contributed by atoms with Crippen molar-refractivity contribution < 1.29 is 14.5 Å². The number of carbonyl (C=O) groups is 1. The molecule has 146 valence electrons. The third kappa shape index (κ3) is 4.56. The fraction of sp³-hybridized carbons (Fsp3) is 0.375. The monoisotopic (exact) mass is 377 g/mol. The van der Waals surface area contributed by atoms with Crippen LogP contribution >= 0.6 is 0 Å². The van der Waals surface area contributed by atoms with Gasteiger partial charge in [-0.15, -0.1) is 0 Å². The lowest BCUT2D eigenvalue weighted by Gasteiger charge is -2.16. The highest BCUT2D eigenvalue weighted by Gasteiger charge is 2.44. The van der Waals surface area contributed by atoms with Crippen LogP contribution in [0.5, 0.6) is 0 Å². The summed E-state index contributed by atoms with van der Waals surface area (Å²) >= 11 is 0. The molecule has 2 aromatic rings. The Hall–Kier alpha value is -2.75. The van der Waals surface area contributed by atoms with Crippen molar-refractivity contribution in [3.8, 4) is 0 Å². The minimum absolute atomic E-state index is 0.0413. The standard InChI is InChI=1S/C24H28N2O2/c1-24(2)20-13-8-9-14-21(20)26(18-10-4-7-15-23(27)28)22(24)16-17-25-19-11-5-3-6-12-19/h3,5-6,8-9,11-14,17H,4,7,10,15-16,18H2,1-2H3/p+1. The van der Waals surface area contributed by atoms with E-state index >= 15 is 0 Å². The number of benzene rings is 2. The van der Waals surface area contributed by atoms with Gasteiger partial charge in [-0.1, -0.05) is 36.4 Å². The van der Waals surface area contributed by atoms with Crippen LogP contribution in [0.4, 0.5) is 11.4 Å². The zero-order valence-electron chi connectivity index (χ0n) is 16.8. The maximum atomic E-state index is 10.7. The number of carboxylic acid groups (broad SMARTS) is 1. The molecule has 1 heterocycles. The molecule has 1 aliphatic heterocycles. The van der Waals surface area contributed by atoms with Crippen molar-refractivity contribution in [2.45, 2.75) is 51.4 Å². The quantitative estimate of drug-likeness (QED) is 0.356. The van der Waals surface area contributed by atoms with Gasteiger partial charge in [0.1, 0.15) is 6.54 Å². The highest BCUT2D eigenvalue weighted by Crippen LogP contribution is 2.40. The molecule has 0 aromatic heterocycles. The van der Waals surface area contributed by atoms with Crippen LogP contribution in [0, 0.1) is 0 Å². The maximum Gasteiger partial charge on any atom is 0.303 e. The number of hydrogen-bond donors (Lipinski definition) is 1. The third-order valence-corrected chi connectivity index (χ3v) is 5.47. The SMILES string of the molecule is CC1(C)C(CC=Nc2ccccc2)=[N+](CCCCCC(=O)O)c2ccccc21. The first-order valence-corrected chi connectivity index (χ1v) is 10.0. The van der Waals surface area contributed by atoms with Gasteiger partial charge >= 0.3 is 5.97 Å². The van der Waals surface area contributed by atoms with Gasteiger partial charge in [0.05, 0.1) is 17.5 Å². The molecule has 0 saturated carbocycles. The fourth-order valence-electron chi connectivity index (χ4n) is 3.97. The van der Waals surface area contributed by atoms with E-state index in [0.29, 0.717) is 0 Å². The number of unbranched alkanes of at least 4 members (excludes halogenated alkanes) is 2. The Morgan fingerprint density at radius 2 is 1.75 bits per heavy atom. The average molecular weight is 378 g/mol. The van der Waals surface area contributed by atoms with Crippen LogP contribution in [0.2, 0.25) is 0 Å². The molecule has 0 radical (unpaired) electrons. The summed E-state index contributed by atoms with van der Waals surface area (Å²) in [5.74, 6) is -0.711. The number of nitrogens with zero attached hydrogens (tertiary/aromatic N) is 2. The lowest BCUT2D eigenvalue weighted by atomic mass is 9.80. The number of fused-ring (bicyclic) bond motifs is 1. The zero-order valence-corrected chi connectivity index (χ0v) is 16.8. The van der Waals surface area contributed by atoms with Gasteiger partial charge in [0, 0.05) is 30.7 Å². The Balaban J connectivity index is 1.78. The second-order valence-electron chi connectivity index (χ2n) is 7.80. The molecular formula is C24H29N2O2+. The van der Waals surface area contributed by atoms with Gasteiger partial charge < -0.3 is 5.11 Å². The van der Waals surface area contributed by atoms with Gasteiger partial charge in [-0.25, -0.2) is 0 Å². The normalized spacial score (nSPS) is 15.2. The van der Waals surface area contributed by atoms with E-state index in [1.165, 1.54) is 17.0 Å². The fourth-order valence-corrected chi connectivity index (χ4v) is 3.97. The van der Waals surface area contributed by atoms with Crippen molar-refractivity contribution in [3.63, 3.8) is 0 Å². The predicted molar refractivity (Wildman–Crippen MR) is 115 cm³/mol. The molecule has 4 heteroatoms. The summed E-state index contributed by atoms with van der Waals surface area (Å²) in [5.41, 5.74) is 4.90. The summed E-state index contributed by atoms with van der Waals surface area (Å²) in [6, 6.07) is 18.6. The Kier molecular flexibility index (Phi) is 6.40. The first kappa shape index (κ1) is 20.0. The first-order valence-electron chi connectivity index (χ1n) is 10.0. The highest BCUT2D eigenvalue weighted by molar-refractivity contribution is 6.02. The molecule has 1 N–H and O–H groups in total. The number of rotatable bonds is 9. The predicted octanol–water partition coefficient (Wildman–Crippen LogP) is 5.50. The summed E-state index contributed by atoms with van der Waals surface area (Å²) < 4.78 is 2.42. The molecule has 4 nitrogen and oxygen atoms in total. The summed E-state index contributed by atoms with van der Waals surface area (Å²) in [6.45, 7) is 5.47. The van der Waals surface area contributed by atoms with Gasteiger partial charge in [-0.3, -0.25) is 9.79 Å². The van der Waals surface area contributed by atoms with E-state index in [-0.39, 0.29) is 11.8 Å². The second-order valence-corrected chi connectivity index (χ2v) is 7.80. The molecule has 0 spiro atoms. The molecular weight excluding hydrogens is 348 g/mol. The molecule has 1 aliphatic rings. The van der Waals surface area contributed by atoms with Gasteiger partial charge in [0.25, 0.3) is 0 Å². The van der Waals surface area contributed by atoms with Crippen LogP contribution in [0.25, 0.3) is 0 Å². The molecule has 3 rings (SSSR count). The lowest BCUT2D eigenvalue weighted by Crippen LogP contribution is -2.30. The molecule has 0 amide bonds. The van der Waals surface area contributed by atoms with E-state index in [1.807, 2.05) is 36.5 Å². The highest BCUT2D eigenvalue weighted by atomic mass is 16.4. The van der Waals surface area contributed by atoms with E-state index in [1.54, 1.807) is 0 Å². The van der Waals surface area contributed by atoms with E-state index in [0.717, 1.165) is 37.9 Å². The first-order chi connectivity index (χ1) is 13.5. The van der Waals surface area contributed by atoms with Gasteiger partial charge in [-0.2, -0.15) is 4.58 Å². The van der Waals surface area contributed by atoms with Crippen molar-refractivity contribution in [2.24, 2.45) is 4.99 Å². The summed E-state index contributed by atoms with van der Waals surface area (Å²) in [5, 5.41) is 8.83. The van der Waals surface area contributed by atoms with Crippen LogP contribution < -0.4 is 0 Å². The smallest absolute Gasteiger partial charge is 0.303 e. The van der Waals surface area contributed by atoms with Crippen LogP contribution in [0.15, 0.2) is 59.6 Å². The van der Waals surface area contributed by atoms with Crippen molar-refractivity contribution in [1.29, 1.82) is 0 Å². The Labute approximate surface area is 167 Å². The Bertz CT molecular complexity index is 882. The van der Waals surface area contributed by atoms with Crippen LogP contribution in [0.1, 0.15) is 51.5 Å². The van der Waals surface area contributed by atoms with Crippen molar-refractivity contribution in [1.82, 2.24) is 0 Å². The Morgan fingerprint density at radius 1 is 1.04 bits per heavy atom. The second kappa shape index (κ2) is 8.96. The molecule has 0 aliphatic carbocycles. The number of para-hydroxylation sites is 2. The molecule has 0 fully saturated rings. The van der Waals surface area contributed by atoms with E-state index in [9.17, 15) is 4.79 Å². The van der Waals surface area contributed by atoms with Gasteiger partial charge in [-0.05, 0) is 38.8 Å². The number of aliphatic carboxylic acids is 1. The largest absolute Gasteiger partial charge is 0.481 e. The van der Waals surface area contributed by atoms with Gasteiger partial charge in [0.2, 0.25) is 5.69 Å². The van der Waals surface area contributed by atoms with Crippen molar-refractivity contribution >= 4 is 29.3 Å². The maximum absolute atomic E-state index is 10.7. The summed E-state index contributed by atoms with van der Waals surface area (Å²) in [6.07, 6.45) is 5.70. The molecule has 2 aromatic carbocycles. The minimum Gasteiger partial charge on any atom is -0.481 e. The number of carboxylic acids is 1. The molecule has 0 saturated heterocycles. The van der Waals surface area contributed by atoms with Crippen molar-refractivity contribution in [3.05, 3.63) is 60.2 Å². The van der Waals surface area contributed by atoms with Crippen molar-refractivity contribution in [2.75, 3.05) is 6.54 Å². The van der Waals surface area contributed by atoms with Crippen LogP contribution in [-0.4, -0.2) is 34.1 Å². The summed E-state index contributed by atoms with van der Waals surface area (Å²) in [7, 11) is 0. The minimum atomic E-state index is -0.711.